The number of hydrogen-bond acceptors (Lipinski definition) is 8. The fourth-order valence-corrected chi connectivity index (χ4v) is 5.94. The highest BCUT2D eigenvalue weighted by molar-refractivity contribution is 7.90. The van der Waals surface area contributed by atoms with Crippen LogP contribution in [0.15, 0.2) is 41.4 Å². The number of benzene rings is 2. The van der Waals surface area contributed by atoms with E-state index in [2.05, 4.69) is 9.72 Å². The number of alkyl halides is 3. The number of halogens is 6. The Balaban J connectivity index is 0.000000282. The summed E-state index contributed by atoms with van der Waals surface area (Å²) in [5, 5.41) is 9.81. The summed E-state index contributed by atoms with van der Waals surface area (Å²) in [6.45, 7) is -2.47. The number of carboxylic acids is 1. The van der Waals surface area contributed by atoms with E-state index in [9.17, 15) is 40.8 Å². The lowest BCUT2D eigenvalue weighted by Gasteiger charge is -2.20. The third-order valence-corrected chi connectivity index (χ3v) is 8.25. The molecule has 0 amide bonds. The molecule has 1 saturated carbocycles. The van der Waals surface area contributed by atoms with Gasteiger partial charge in [-0.2, -0.15) is 13.2 Å². The molecule has 4 rings (SSSR count). The number of ketones is 3. The van der Waals surface area contributed by atoms with E-state index in [1.165, 1.54) is 12.3 Å². The number of hydrogen-bond donors (Lipinski definition) is 1. The summed E-state index contributed by atoms with van der Waals surface area (Å²) in [4.78, 5) is 51.2. The Morgan fingerprint density at radius 2 is 1.70 bits per heavy atom. The standard InChI is InChI=1S/C17H16ClF3O6S.C10H5Cl2NO2/c1-28(25,26)13-6-5-9(15(18)10(13)7-27-8-17(19,20)21)16(24)14-11(22)3-2-4-12(14)23;11-6-3-5-1-2-7(12)8(10(14)15)9(5)13-4-6/h5-6,14H,2-4,7-8H2,1H3;1-4H,(H,14,15). The van der Waals surface area contributed by atoms with Crippen LogP contribution in [0.5, 0.6) is 0 Å². The number of fused-ring (bicyclic) bond motifs is 1. The van der Waals surface area contributed by atoms with Gasteiger partial charge in [-0.15, -0.1) is 0 Å². The van der Waals surface area contributed by atoms with Gasteiger partial charge in [-0.3, -0.25) is 19.4 Å². The van der Waals surface area contributed by atoms with Crippen LogP contribution in [0.2, 0.25) is 15.1 Å². The Labute approximate surface area is 257 Å². The maximum absolute atomic E-state index is 12.7. The number of carbonyl (C=O) groups is 4. The van der Waals surface area contributed by atoms with Gasteiger partial charge in [0.25, 0.3) is 0 Å². The van der Waals surface area contributed by atoms with E-state index in [0.717, 1.165) is 18.4 Å². The average molecular weight is 683 g/mol. The molecule has 3 aromatic rings. The maximum atomic E-state index is 12.7. The zero-order valence-corrected chi connectivity index (χ0v) is 25.1. The predicted molar refractivity (Wildman–Crippen MR) is 151 cm³/mol. The van der Waals surface area contributed by atoms with Crippen molar-refractivity contribution in [2.75, 3.05) is 12.9 Å². The van der Waals surface area contributed by atoms with Crippen molar-refractivity contribution < 1.29 is 50.6 Å². The van der Waals surface area contributed by atoms with Gasteiger partial charge in [0.1, 0.15) is 18.1 Å². The summed E-state index contributed by atoms with van der Waals surface area (Å²) in [6, 6.07) is 6.89. The van der Waals surface area contributed by atoms with Gasteiger partial charge < -0.3 is 9.84 Å². The summed E-state index contributed by atoms with van der Waals surface area (Å²) in [6.07, 6.45) is -2.01. The van der Waals surface area contributed by atoms with Crippen LogP contribution < -0.4 is 0 Å². The second-order valence-corrected chi connectivity index (χ2v) is 12.5. The topological polar surface area (TPSA) is 145 Å². The van der Waals surface area contributed by atoms with Gasteiger partial charge in [0.2, 0.25) is 0 Å². The minimum atomic E-state index is -4.65. The third kappa shape index (κ3) is 8.51. The average Bonchev–Trinajstić information content (AvgIpc) is 2.88. The molecule has 16 heteroatoms. The van der Waals surface area contributed by atoms with Crippen molar-refractivity contribution >= 4 is 78.9 Å². The summed E-state index contributed by atoms with van der Waals surface area (Å²) in [5.41, 5.74) is -0.298. The van der Waals surface area contributed by atoms with Crippen molar-refractivity contribution in [3.8, 4) is 0 Å². The highest BCUT2D eigenvalue weighted by atomic mass is 35.5. The molecule has 0 saturated heterocycles. The minimum absolute atomic E-state index is 0.00540. The summed E-state index contributed by atoms with van der Waals surface area (Å²) >= 11 is 17.6. The summed E-state index contributed by atoms with van der Waals surface area (Å²) in [7, 11) is -3.90. The highest BCUT2D eigenvalue weighted by Crippen LogP contribution is 2.33. The number of carboxylic acid groups (broad SMARTS) is 1. The zero-order chi connectivity index (χ0) is 32.3. The number of aromatic carboxylic acids is 1. The van der Waals surface area contributed by atoms with Crippen molar-refractivity contribution in [2.45, 2.75) is 36.9 Å². The second-order valence-electron chi connectivity index (χ2n) is 9.32. The molecule has 230 valence electrons. The van der Waals surface area contributed by atoms with Crippen LogP contribution in [-0.4, -0.2) is 60.9 Å². The molecule has 1 aromatic heterocycles. The number of aromatic nitrogens is 1. The van der Waals surface area contributed by atoms with Crippen molar-refractivity contribution in [3.63, 3.8) is 0 Å². The van der Waals surface area contributed by atoms with Gasteiger partial charge in [0, 0.05) is 41.8 Å². The van der Waals surface area contributed by atoms with Crippen molar-refractivity contribution in [1.82, 2.24) is 4.98 Å². The molecule has 0 spiro atoms. The van der Waals surface area contributed by atoms with Crippen LogP contribution >= 0.6 is 34.8 Å². The first kappa shape index (κ1) is 34.4. The Hall–Kier alpha value is -3.10. The molecule has 0 radical (unpaired) electrons. The summed E-state index contributed by atoms with van der Waals surface area (Å²) in [5.74, 6) is -4.68. The number of pyridine rings is 1. The number of sulfone groups is 1. The smallest absolute Gasteiger partial charge is 0.411 e. The molecular formula is C27H21Cl3F3NO8S. The Kier molecular flexibility index (Phi) is 10.9. The van der Waals surface area contributed by atoms with Crippen LogP contribution in [-0.2, 0) is 30.8 Å². The Bertz CT molecular complexity index is 1710. The van der Waals surface area contributed by atoms with Crippen LogP contribution in [0, 0.1) is 5.92 Å². The first-order valence-electron chi connectivity index (χ1n) is 12.1. The number of carbonyl (C=O) groups excluding carboxylic acids is 3. The van der Waals surface area contributed by atoms with Gasteiger partial charge in [-0.05, 0) is 30.7 Å². The molecule has 0 atom stereocenters. The predicted octanol–water partition coefficient (Wildman–Crippen LogP) is 6.18. The fraction of sp³-hybridized carbons (Fsp3) is 0.296. The van der Waals surface area contributed by atoms with E-state index in [4.69, 9.17) is 39.9 Å². The van der Waals surface area contributed by atoms with E-state index >= 15 is 0 Å². The van der Waals surface area contributed by atoms with Gasteiger partial charge in [0.15, 0.2) is 27.2 Å². The second kappa shape index (κ2) is 13.7. The molecule has 1 fully saturated rings. The molecule has 1 N–H and O–H groups in total. The lowest BCUT2D eigenvalue weighted by atomic mass is 9.81. The zero-order valence-electron chi connectivity index (χ0n) is 22.0. The Morgan fingerprint density at radius 1 is 1.07 bits per heavy atom. The third-order valence-electron chi connectivity index (χ3n) is 6.11. The van der Waals surface area contributed by atoms with Crippen LogP contribution in [0.1, 0.15) is 45.5 Å². The molecule has 9 nitrogen and oxygen atoms in total. The van der Waals surface area contributed by atoms with Gasteiger partial charge in [-0.1, -0.05) is 40.9 Å². The van der Waals surface area contributed by atoms with E-state index in [0.29, 0.717) is 22.3 Å². The number of Topliss-reactive ketones (excluding diaryl/α,β-unsaturated/α-hetero) is 3. The van der Waals surface area contributed by atoms with Gasteiger partial charge >= 0.3 is 12.1 Å². The lowest BCUT2D eigenvalue weighted by molar-refractivity contribution is -0.176. The van der Waals surface area contributed by atoms with Crippen molar-refractivity contribution in [2.24, 2.45) is 5.92 Å². The van der Waals surface area contributed by atoms with Crippen LogP contribution in [0.25, 0.3) is 10.9 Å². The number of nitrogens with zero attached hydrogens (tertiary/aromatic N) is 1. The normalized spacial score (nSPS) is 14.4. The molecule has 2 aromatic carbocycles. The van der Waals surface area contributed by atoms with E-state index in [1.54, 1.807) is 12.1 Å². The number of ether oxygens (including phenoxy) is 1. The van der Waals surface area contributed by atoms with E-state index in [-0.39, 0.29) is 34.6 Å². The van der Waals surface area contributed by atoms with Gasteiger partial charge in [0.05, 0.1) is 32.1 Å². The van der Waals surface area contributed by atoms with Gasteiger partial charge in [-0.25, -0.2) is 13.2 Å². The fourth-order valence-electron chi connectivity index (χ4n) is 4.25. The first-order valence-corrected chi connectivity index (χ1v) is 15.2. The monoisotopic (exact) mass is 681 g/mol. The molecule has 0 bridgehead atoms. The van der Waals surface area contributed by atoms with E-state index in [1.807, 2.05) is 0 Å². The molecule has 1 aliphatic carbocycles. The maximum Gasteiger partial charge on any atom is 0.411 e. The SMILES string of the molecule is CS(=O)(=O)c1ccc(C(=O)C2C(=O)CCCC2=O)c(Cl)c1COCC(F)(F)F.O=C(O)c1c(Cl)ccc2cc(Cl)cnc12. The Morgan fingerprint density at radius 3 is 2.26 bits per heavy atom. The van der Waals surface area contributed by atoms with Crippen LogP contribution in [0.4, 0.5) is 13.2 Å². The molecule has 0 unspecified atom stereocenters. The largest absolute Gasteiger partial charge is 0.478 e. The molecule has 43 heavy (non-hydrogen) atoms. The molecular weight excluding hydrogens is 662 g/mol. The molecule has 1 aliphatic rings. The highest BCUT2D eigenvalue weighted by Gasteiger charge is 2.38. The number of rotatable bonds is 7. The molecule has 0 aliphatic heterocycles. The van der Waals surface area contributed by atoms with Crippen molar-refractivity contribution in [1.29, 1.82) is 0 Å². The molecule has 1 heterocycles. The van der Waals surface area contributed by atoms with Crippen molar-refractivity contribution in [3.05, 3.63) is 68.3 Å². The minimum Gasteiger partial charge on any atom is -0.478 e. The van der Waals surface area contributed by atoms with Crippen LogP contribution in [0.3, 0.4) is 0 Å². The summed E-state index contributed by atoms with van der Waals surface area (Å²) < 4.78 is 65.3. The lowest BCUT2D eigenvalue weighted by Crippen LogP contribution is -2.35. The van der Waals surface area contributed by atoms with E-state index < -0.39 is 68.4 Å². The quantitative estimate of drug-likeness (QED) is 0.228. The first-order chi connectivity index (χ1) is 19.9.